The van der Waals surface area contributed by atoms with Crippen LogP contribution in [-0.4, -0.2) is 16.1 Å². The zero-order chi connectivity index (χ0) is 13.1. The molecule has 0 amide bonds. The maximum Gasteiger partial charge on any atom is 0.354 e. The first kappa shape index (κ1) is 12.6. The molecule has 0 fully saturated rings. The van der Waals surface area contributed by atoms with Gasteiger partial charge in [0.1, 0.15) is 5.75 Å². The standard InChI is InChI=1S/C13H10BrNO3/c1-8-5-6-11(9(14)7-8)18-12-4-2-3-10(15-12)13(16)17/h2-7H,1H3,(H,16,17). The number of rotatable bonds is 3. The Morgan fingerprint density at radius 3 is 2.78 bits per heavy atom. The molecule has 0 aliphatic heterocycles. The summed E-state index contributed by atoms with van der Waals surface area (Å²) < 4.78 is 6.33. The molecule has 0 radical (unpaired) electrons. The molecule has 5 heteroatoms. The Morgan fingerprint density at radius 1 is 1.33 bits per heavy atom. The molecule has 18 heavy (non-hydrogen) atoms. The lowest BCUT2D eigenvalue weighted by atomic mass is 10.2. The van der Waals surface area contributed by atoms with E-state index in [1.54, 1.807) is 18.2 Å². The van der Waals surface area contributed by atoms with E-state index in [9.17, 15) is 4.79 Å². The van der Waals surface area contributed by atoms with Gasteiger partial charge in [0.2, 0.25) is 5.88 Å². The first-order valence-corrected chi connectivity index (χ1v) is 6.00. The van der Waals surface area contributed by atoms with Gasteiger partial charge in [-0.05, 0) is 46.6 Å². The number of ether oxygens (including phenoxy) is 1. The van der Waals surface area contributed by atoms with Crippen LogP contribution in [0.5, 0.6) is 11.6 Å². The lowest BCUT2D eigenvalue weighted by molar-refractivity contribution is 0.0689. The van der Waals surface area contributed by atoms with Crippen LogP contribution in [0.3, 0.4) is 0 Å². The highest BCUT2D eigenvalue weighted by molar-refractivity contribution is 9.10. The zero-order valence-corrected chi connectivity index (χ0v) is 11.1. The van der Waals surface area contributed by atoms with Gasteiger partial charge in [0.25, 0.3) is 0 Å². The smallest absolute Gasteiger partial charge is 0.354 e. The summed E-state index contributed by atoms with van der Waals surface area (Å²) in [6.45, 7) is 1.97. The molecule has 1 heterocycles. The van der Waals surface area contributed by atoms with E-state index in [0.29, 0.717) is 5.75 Å². The second kappa shape index (κ2) is 5.18. The Labute approximate surface area is 112 Å². The van der Waals surface area contributed by atoms with Gasteiger partial charge >= 0.3 is 5.97 Å². The largest absolute Gasteiger partial charge is 0.477 e. The molecule has 2 aromatic rings. The molecule has 0 unspecified atom stereocenters. The van der Waals surface area contributed by atoms with Crippen molar-refractivity contribution < 1.29 is 14.6 Å². The summed E-state index contributed by atoms with van der Waals surface area (Å²) in [5, 5.41) is 8.84. The third kappa shape index (κ3) is 2.87. The highest BCUT2D eigenvalue weighted by atomic mass is 79.9. The van der Waals surface area contributed by atoms with E-state index in [2.05, 4.69) is 20.9 Å². The van der Waals surface area contributed by atoms with Crippen LogP contribution in [-0.2, 0) is 0 Å². The second-order valence-corrected chi connectivity index (χ2v) is 4.56. The van der Waals surface area contributed by atoms with Crippen molar-refractivity contribution in [3.8, 4) is 11.6 Å². The summed E-state index contributed by atoms with van der Waals surface area (Å²) in [7, 11) is 0. The lowest BCUT2D eigenvalue weighted by Crippen LogP contribution is -2.00. The van der Waals surface area contributed by atoms with Crippen molar-refractivity contribution in [3.63, 3.8) is 0 Å². The number of aromatic carboxylic acids is 1. The Hall–Kier alpha value is -1.88. The molecular formula is C13H10BrNO3. The van der Waals surface area contributed by atoms with Crippen molar-refractivity contribution in [2.45, 2.75) is 6.92 Å². The minimum atomic E-state index is -1.08. The van der Waals surface area contributed by atoms with Crippen molar-refractivity contribution >= 4 is 21.9 Å². The van der Waals surface area contributed by atoms with Gasteiger partial charge < -0.3 is 9.84 Å². The number of nitrogens with zero attached hydrogens (tertiary/aromatic N) is 1. The van der Waals surface area contributed by atoms with Crippen LogP contribution in [0.2, 0.25) is 0 Å². The predicted molar refractivity (Wildman–Crippen MR) is 70.1 cm³/mol. The summed E-state index contributed by atoms with van der Waals surface area (Å²) in [4.78, 5) is 14.7. The van der Waals surface area contributed by atoms with Gasteiger partial charge in [-0.15, -0.1) is 0 Å². The summed E-state index contributed by atoms with van der Waals surface area (Å²) in [6.07, 6.45) is 0. The van der Waals surface area contributed by atoms with Gasteiger partial charge in [0, 0.05) is 6.07 Å². The Morgan fingerprint density at radius 2 is 2.11 bits per heavy atom. The molecule has 0 saturated carbocycles. The van der Waals surface area contributed by atoms with Crippen molar-refractivity contribution in [3.05, 3.63) is 52.1 Å². The van der Waals surface area contributed by atoms with Crippen molar-refractivity contribution in [2.24, 2.45) is 0 Å². The first-order valence-electron chi connectivity index (χ1n) is 5.20. The number of hydrogen-bond donors (Lipinski definition) is 1. The summed E-state index contributed by atoms with van der Waals surface area (Å²) in [5.74, 6) is -0.237. The molecule has 2 rings (SSSR count). The molecule has 92 valence electrons. The number of aromatic nitrogens is 1. The Kier molecular flexibility index (Phi) is 3.62. The molecular weight excluding hydrogens is 298 g/mol. The lowest BCUT2D eigenvalue weighted by Gasteiger charge is -2.07. The topological polar surface area (TPSA) is 59.4 Å². The van der Waals surface area contributed by atoms with Crippen molar-refractivity contribution in [1.29, 1.82) is 0 Å². The predicted octanol–water partition coefficient (Wildman–Crippen LogP) is 3.64. The van der Waals surface area contributed by atoms with Crippen LogP contribution >= 0.6 is 15.9 Å². The minimum Gasteiger partial charge on any atom is -0.477 e. The summed E-state index contributed by atoms with van der Waals surface area (Å²) in [6, 6.07) is 10.2. The zero-order valence-electron chi connectivity index (χ0n) is 9.55. The molecule has 0 spiro atoms. The van der Waals surface area contributed by atoms with Crippen LogP contribution < -0.4 is 4.74 Å². The molecule has 4 nitrogen and oxygen atoms in total. The van der Waals surface area contributed by atoms with Gasteiger partial charge in [-0.3, -0.25) is 0 Å². The second-order valence-electron chi connectivity index (χ2n) is 3.70. The van der Waals surface area contributed by atoms with Crippen LogP contribution in [0, 0.1) is 6.92 Å². The highest BCUT2D eigenvalue weighted by Crippen LogP contribution is 2.29. The van der Waals surface area contributed by atoms with E-state index in [-0.39, 0.29) is 11.6 Å². The van der Waals surface area contributed by atoms with Crippen LogP contribution in [0.1, 0.15) is 16.1 Å². The molecule has 0 atom stereocenters. The SMILES string of the molecule is Cc1ccc(Oc2cccc(C(=O)O)n2)c(Br)c1. The molecule has 0 saturated heterocycles. The fourth-order valence-electron chi connectivity index (χ4n) is 1.39. The van der Waals surface area contributed by atoms with Gasteiger partial charge in [-0.2, -0.15) is 0 Å². The maximum absolute atomic E-state index is 10.8. The molecule has 1 aromatic carbocycles. The number of carboxylic acid groups (broad SMARTS) is 1. The molecule has 0 aliphatic carbocycles. The Balaban J connectivity index is 2.28. The number of carboxylic acids is 1. The van der Waals surface area contributed by atoms with Crippen LogP contribution in [0.15, 0.2) is 40.9 Å². The molecule has 1 aromatic heterocycles. The summed E-state index contributed by atoms with van der Waals surface area (Å²) >= 11 is 3.38. The molecule has 1 N–H and O–H groups in total. The van der Waals surface area contributed by atoms with E-state index in [1.165, 1.54) is 6.07 Å². The van der Waals surface area contributed by atoms with Gasteiger partial charge in [-0.25, -0.2) is 9.78 Å². The summed E-state index contributed by atoms with van der Waals surface area (Å²) in [5.41, 5.74) is 1.05. The van der Waals surface area contributed by atoms with E-state index in [0.717, 1.165) is 10.0 Å². The van der Waals surface area contributed by atoms with E-state index < -0.39 is 5.97 Å². The fourth-order valence-corrected chi connectivity index (χ4v) is 1.97. The first-order chi connectivity index (χ1) is 8.56. The van der Waals surface area contributed by atoms with E-state index >= 15 is 0 Å². The quantitative estimate of drug-likeness (QED) is 0.940. The third-order valence-corrected chi connectivity index (χ3v) is 2.86. The van der Waals surface area contributed by atoms with Crippen molar-refractivity contribution in [2.75, 3.05) is 0 Å². The average molecular weight is 308 g/mol. The normalized spacial score (nSPS) is 10.1. The van der Waals surface area contributed by atoms with Gasteiger partial charge in [0.05, 0.1) is 4.47 Å². The van der Waals surface area contributed by atoms with Gasteiger partial charge in [-0.1, -0.05) is 12.1 Å². The van der Waals surface area contributed by atoms with Crippen molar-refractivity contribution in [1.82, 2.24) is 4.98 Å². The molecule has 0 bridgehead atoms. The number of carbonyl (C=O) groups is 1. The maximum atomic E-state index is 10.8. The number of aryl methyl sites for hydroxylation is 1. The number of hydrogen-bond acceptors (Lipinski definition) is 3. The monoisotopic (exact) mass is 307 g/mol. The number of pyridine rings is 1. The highest BCUT2D eigenvalue weighted by Gasteiger charge is 2.08. The minimum absolute atomic E-state index is 0.0456. The van der Waals surface area contributed by atoms with E-state index in [1.807, 2.05) is 19.1 Å². The average Bonchev–Trinajstić information content (AvgIpc) is 2.33. The van der Waals surface area contributed by atoms with Gasteiger partial charge in [0.15, 0.2) is 5.69 Å². The fraction of sp³-hybridized carbons (Fsp3) is 0.0769. The third-order valence-electron chi connectivity index (χ3n) is 2.24. The van der Waals surface area contributed by atoms with Crippen LogP contribution in [0.25, 0.3) is 0 Å². The number of halogens is 1. The van der Waals surface area contributed by atoms with E-state index in [4.69, 9.17) is 9.84 Å². The Bertz CT molecular complexity index is 599. The molecule has 0 aliphatic rings. The van der Waals surface area contributed by atoms with Crippen LogP contribution in [0.4, 0.5) is 0 Å². The number of benzene rings is 1.